The summed E-state index contributed by atoms with van der Waals surface area (Å²) in [5, 5.41) is 0. The fraction of sp³-hybridized carbons (Fsp3) is 0.182. The molecule has 1 aliphatic rings. The number of thiol groups is 1. The van der Waals surface area contributed by atoms with Crippen LogP contribution in [0, 0.1) is 0 Å². The number of allylic oxidation sites excluding steroid dienone is 5. The Kier molecular flexibility index (Phi) is 4.27. The normalized spacial score (nSPS) is 19.9. The van der Waals surface area contributed by atoms with E-state index in [9.17, 15) is 4.39 Å². The van der Waals surface area contributed by atoms with Crippen molar-refractivity contribution in [2.24, 2.45) is 0 Å². The summed E-state index contributed by atoms with van der Waals surface area (Å²) in [4.78, 5) is 0.931. The molecule has 0 bridgehead atoms. The van der Waals surface area contributed by atoms with Crippen LogP contribution < -0.4 is 0 Å². The van der Waals surface area contributed by atoms with Crippen LogP contribution in [0.15, 0.2) is 83.1 Å². The van der Waals surface area contributed by atoms with Gasteiger partial charge >= 0.3 is 0 Å². The topological polar surface area (TPSA) is 0 Å². The highest BCUT2D eigenvalue weighted by atomic mass is 32.1. The number of hydrogen-bond acceptors (Lipinski definition) is 1. The summed E-state index contributed by atoms with van der Waals surface area (Å²) in [5.41, 5.74) is 6.09. The van der Waals surface area contributed by atoms with Crippen LogP contribution in [0.5, 0.6) is 0 Å². The summed E-state index contributed by atoms with van der Waals surface area (Å²) in [5.74, 6) is -0.172. The molecule has 0 saturated heterocycles. The Labute approximate surface area is 148 Å². The first-order valence-corrected chi connectivity index (χ1v) is 8.44. The molecule has 0 aromatic heterocycles. The van der Waals surface area contributed by atoms with Crippen LogP contribution in [0.1, 0.15) is 31.9 Å². The van der Waals surface area contributed by atoms with Crippen molar-refractivity contribution in [3.05, 3.63) is 89.3 Å². The molecular formula is C22H21FS. The molecule has 1 aliphatic carbocycles. The average Bonchev–Trinajstić information content (AvgIpc) is 2.82. The molecule has 0 N–H and O–H groups in total. The van der Waals surface area contributed by atoms with Crippen LogP contribution >= 0.6 is 12.6 Å². The van der Waals surface area contributed by atoms with Gasteiger partial charge in [-0.1, -0.05) is 49.1 Å². The van der Waals surface area contributed by atoms with Gasteiger partial charge in [-0.25, -0.2) is 4.39 Å². The van der Waals surface area contributed by atoms with Gasteiger partial charge in [0, 0.05) is 10.3 Å². The van der Waals surface area contributed by atoms with Crippen LogP contribution in [0.2, 0.25) is 0 Å². The second kappa shape index (κ2) is 6.10. The maximum atomic E-state index is 13.3. The van der Waals surface area contributed by atoms with Crippen molar-refractivity contribution in [1.82, 2.24) is 0 Å². The SMILES string of the molecule is C=C(/C=C\C(C)=C(/C)F)C1(C)c2ccccc2-c2ccc(S)cc21. The van der Waals surface area contributed by atoms with Crippen molar-refractivity contribution in [1.29, 1.82) is 0 Å². The fourth-order valence-corrected chi connectivity index (χ4v) is 3.54. The predicted octanol–water partition coefficient (Wildman–Crippen LogP) is 6.64. The second-order valence-corrected chi connectivity index (χ2v) is 6.99. The van der Waals surface area contributed by atoms with Gasteiger partial charge in [0.2, 0.25) is 0 Å². The minimum atomic E-state index is -0.342. The first-order chi connectivity index (χ1) is 11.4. The zero-order valence-electron chi connectivity index (χ0n) is 14.2. The minimum absolute atomic E-state index is 0.172. The van der Waals surface area contributed by atoms with Gasteiger partial charge in [0.1, 0.15) is 0 Å². The summed E-state index contributed by atoms with van der Waals surface area (Å²) in [6.45, 7) is 9.73. The first-order valence-electron chi connectivity index (χ1n) is 7.99. The zero-order chi connectivity index (χ0) is 17.5. The maximum Gasteiger partial charge on any atom is 0.0997 e. The third-order valence-corrected chi connectivity index (χ3v) is 5.30. The van der Waals surface area contributed by atoms with Crippen LogP contribution in [-0.2, 0) is 5.41 Å². The van der Waals surface area contributed by atoms with E-state index in [1.54, 1.807) is 13.0 Å². The molecule has 0 aliphatic heterocycles. The molecule has 2 aromatic rings. The van der Waals surface area contributed by atoms with Gasteiger partial charge in [-0.3, -0.25) is 0 Å². The van der Waals surface area contributed by atoms with E-state index in [4.69, 9.17) is 0 Å². The van der Waals surface area contributed by atoms with Crippen LogP contribution in [-0.4, -0.2) is 0 Å². The Hall–Kier alpha value is -2.06. The molecule has 3 rings (SSSR count). The van der Waals surface area contributed by atoms with Gasteiger partial charge in [0.25, 0.3) is 0 Å². The second-order valence-electron chi connectivity index (χ2n) is 6.48. The quantitative estimate of drug-likeness (QED) is 0.471. The summed E-state index contributed by atoms with van der Waals surface area (Å²) < 4.78 is 13.3. The Morgan fingerprint density at radius 1 is 1.04 bits per heavy atom. The molecule has 0 spiro atoms. The lowest BCUT2D eigenvalue weighted by Gasteiger charge is -2.28. The molecule has 0 amide bonds. The molecular weight excluding hydrogens is 315 g/mol. The summed E-state index contributed by atoms with van der Waals surface area (Å²) >= 11 is 4.52. The van der Waals surface area contributed by atoms with Gasteiger partial charge < -0.3 is 0 Å². The van der Waals surface area contributed by atoms with E-state index in [-0.39, 0.29) is 11.2 Å². The van der Waals surface area contributed by atoms with E-state index < -0.39 is 0 Å². The Bertz CT molecular complexity index is 885. The number of hydrogen-bond donors (Lipinski definition) is 1. The first kappa shape index (κ1) is 16.8. The molecule has 0 saturated carbocycles. The van der Waals surface area contributed by atoms with Crippen LogP contribution in [0.25, 0.3) is 11.1 Å². The molecule has 0 fully saturated rings. The van der Waals surface area contributed by atoms with Crippen molar-refractivity contribution in [2.75, 3.05) is 0 Å². The third-order valence-electron chi connectivity index (χ3n) is 5.02. The number of fused-ring (bicyclic) bond motifs is 3. The monoisotopic (exact) mass is 336 g/mol. The Morgan fingerprint density at radius 2 is 1.71 bits per heavy atom. The molecule has 1 atom stereocenters. The predicted molar refractivity (Wildman–Crippen MR) is 103 cm³/mol. The average molecular weight is 336 g/mol. The lowest BCUT2D eigenvalue weighted by Crippen LogP contribution is -2.22. The lowest BCUT2D eigenvalue weighted by molar-refractivity contribution is 0.631. The molecule has 0 nitrogen and oxygen atoms in total. The Morgan fingerprint density at radius 3 is 2.42 bits per heavy atom. The Balaban J connectivity index is 2.17. The van der Waals surface area contributed by atoms with Gasteiger partial charge in [-0.05, 0) is 66.3 Å². The van der Waals surface area contributed by atoms with E-state index in [0.717, 1.165) is 10.5 Å². The molecule has 2 aromatic carbocycles. The molecule has 2 heteroatoms. The van der Waals surface area contributed by atoms with Crippen molar-refractivity contribution < 1.29 is 4.39 Å². The number of benzene rings is 2. The molecule has 122 valence electrons. The van der Waals surface area contributed by atoms with E-state index >= 15 is 0 Å². The van der Waals surface area contributed by atoms with E-state index in [1.807, 2.05) is 12.1 Å². The smallest absolute Gasteiger partial charge is 0.0997 e. The minimum Gasteiger partial charge on any atom is -0.212 e. The molecule has 1 unspecified atom stereocenters. The zero-order valence-corrected chi connectivity index (χ0v) is 15.1. The molecule has 0 heterocycles. The van der Waals surface area contributed by atoms with Crippen molar-refractivity contribution in [2.45, 2.75) is 31.1 Å². The van der Waals surface area contributed by atoms with Crippen molar-refractivity contribution in [3.63, 3.8) is 0 Å². The van der Waals surface area contributed by atoms with Crippen molar-refractivity contribution in [3.8, 4) is 11.1 Å². The van der Waals surface area contributed by atoms with Gasteiger partial charge in [0.15, 0.2) is 0 Å². The summed E-state index contributed by atoms with van der Waals surface area (Å²) in [7, 11) is 0. The summed E-state index contributed by atoms with van der Waals surface area (Å²) in [6, 6.07) is 14.7. The summed E-state index contributed by atoms with van der Waals surface area (Å²) in [6.07, 6.45) is 3.73. The largest absolute Gasteiger partial charge is 0.212 e. The van der Waals surface area contributed by atoms with E-state index in [1.165, 1.54) is 29.2 Å². The van der Waals surface area contributed by atoms with Gasteiger partial charge in [0.05, 0.1) is 5.83 Å². The standard InChI is InChI=1S/C22H21FS/c1-14(16(3)23)9-10-15(2)22(4)20-8-6-5-7-18(20)19-12-11-17(24)13-21(19)22/h5-13,24H,2H2,1,3-4H3/b10-9-,16-14+. The highest BCUT2D eigenvalue weighted by Gasteiger charge is 2.40. The van der Waals surface area contributed by atoms with Gasteiger partial charge in [-0.2, -0.15) is 0 Å². The van der Waals surface area contributed by atoms with Gasteiger partial charge in [-0.15, -0.1) is 12.6 Å². The highest BCUT2D eigenvalue weighted by Crippen LogP contribution is 2.52. The fourth-order valence-electron chi connectivity index (χ4n) is 3.33. The van der Waals surface area contributed by atoms with Crippen LogP contribution in [0.3, 0.4) is 0 Å². The number of rotatable bonds is 3. The lowest BCUT2D eigenvalue weighted by atomic mass is 9.74. The number of halogens is 1. The molecule has 24 heavy (non-hydrogen) atoms. The maximum absolute atomic E-state index is 13.3. The van der Waals surface area contributed by atoms with Crippen LogP contribution in [0.4, 0.5) is 4.39 Å². The van der Waals surface area contributed by atoms with E-state index in [2.05, 4.69) is 62.5 Å². The van der Waals surface area contributed by atoms with Crippen molar-refractivity contribution >= 4 is 12.6 Å². The highest BCUT2D eigenvalue weighted by molar-refractivity contribution is 7.80. The third kappa shape index (κ3) is 2.55. The molecule has 0 radical (unpaired) electrons. The van der Waals surface area contributed by atoms with E-state index in [0.29, 0.717) is 5.57 Å².